The van der Waals surface area contributed by atoms with Crippen LogP contribution in [-0.4, -0.2) is 28.8 Å². The van der Waals surface area contributed by atoms with Crippen LogP contribution in [0.4, 0.5) is 0 Å². The molecule has 1 amide bonds. The number of benzene rings is 1. The quantitative estimate of drug-likeness (QED) is 0.689. The van der Waals surface area contributed by atoms with Crippen molar-refractivity contribution in [1.82, 2.24) is 5.32 Å². The molecule has 1 rings (SSSR count). The van der Waals surface area contributed by atoms with Crippen molar-refractivity contribution in [2.75, 3.05) is 5.75 Å². The number of carboxylic acid groups (broad SMARTS) is 1. The van der Waals surface area contributed by atoms with Crippen LogP contribution >= 0.6 is 12.6 Å². The topological polar surface area (TPSA) is 66.4 Å². The maximum atomic E-state index is 11.6. The van der Waals surface area contributed by atoms with Crippen molar-refractivity contribution < 1.29 is 14.7 Å². The van der Waals surface area contributed by atoms with E-state index in [-0.39, 0.29) is 5.75 Å². The van der Waals surface area contributed by atoms with Gasteiger partial charge < -0.3 is 10.4 Å². The van der Waals surface area contributed by atoms with Crippen molar-refractivity contribution in [1.29, 1.82) is 0 Å². The molecule has 0 spiro atoms. The molecular formula is C11H13NO3S. The Balaban J connectivity index is 2.71. The molecule has 0 aliphatic heterocycles. The van der Waals surface area contributed by atoms with Crippen molar-refractivity contribution >= 4 is 24.5 Å². The van der Waals surface area contributed by atoms with E-state index < -0.39 is 17.9 Å². The lowest BCUT2D eigenvalue weighted by atomic mass is 10.1. The van der Waals surface area contributed by atoms with Crippen LogP contribution in [0.1, 0.15) is 15.9 Å². The predicted molar refractivity (Wildman–Crippen MR) is 63.9 cm³/mol. The average Bonchev–Trinajstić information content (AvgIpc) is 2.26. The van der Waals surface area contributed by atoms with Crippen LogP contribution < -0.4 is 5.32 Å². The molecule has 0 saturated heterocycles. The standard InChI is InChI=1S/C11H13NO3S/c1-7-2-4-8(5-3-7)10(13)12-9(6-16)11(14)15/h2-5,9,16H,6H2,1H3,(H,12,13)(H,14,15). The second-order valence-electron chi connectivity index (χ2n) is 3.41. The summed E-state index contributed by atoms with van der Waals surface area (Å²) in [6.45, 7) is 1.91. The molecule has 16 heavy (non-hydrogen) atoms. The molecule has 2 N–H and O–H groups in total. The maximum Gasteiger partial charge on any atom is 0.327 e. The monoisotopic (exact) mass is 239 g/mol. The Morgan fingerprint density at radius 3 is 2.38 bits per heavy atom. The van der Waals surface area contributed by atoms with E-state index in [9.17, 15) is 9.59 Å². The van der Waals surface area contributed by atoms with Gasteiger partial charge in [0.2, 0.25) is 0 Å². The lowest BCUT2D eigenvalue weighted by Gasteiger charge is -2.11. The molecular weight excluding hydrogens is 226 g/mol. The Bertz CT molecular complexity index is 389. The van der Waals surface area contributed by atoms with Gasteiger partial charge in [-0.25, -0.2) is 4.79 Å². The van der Waals surface area contributed by atoms with Gasteiger partial charge in [-0.3, -0.25) is 4.79 Å². The van der Waals surface area contributed by atoms with Gasteiger partial charge in [0.25, 0.3) is 5.91 Å². The summed E-state index contributed by atoms with van der Waals surface area (Å²) in [5.74, 6) is -1.43. The number of amides is 1. The Morgan fingerprint density at radius 1 is 1.38 bits per heavy atom. The smallest absolute Gasteiger partial charge is 0.327 e. The third kappa shape index (κ3) is 3.27. The van der Waals surface area contributed by atoms with Crippen LogP contribution in [-0.2, 0) is 4.79 Å². The summed E-state index contributed by atoms with van der Waals surface area (Å²) >= 11 is 3.86. The molecule has 0 aromatic heterocycles. The van der Waals surface area contributed by atoms with E-state index in [0.717, 1.165) is 5.56 Å². The van der Waals surface area contributed by atoms with E-state index in [1.165, 1.54) is 0 Å². The van der Waals surface area contributed by atoms with Gasteiger partial charge in [0.15, 0.2) is 0 Å². The number of carbonyl (C=O) groups is 2. The fraction of sp³-hybridized carbons (Fsp3) is 0.273. The molecule has 1 unspecified atom stereocenters. The SMILES string of the molecule is Cc1ccc(C(=O)NC(CS)C(=O)O)cc1. The molecule has 0 bridgehead atoms. The molecule has 0 saturated carbocycles. The number of rotatable bonds is 4. The second-order valence-corrected chi connectivity index (χ2v) is 3.78. The molecule has 1 aromatic carbocycles. The summed E-state index contributed by atoms with van der Waals surface area (Å²) in [6, 6.07) is 5.94. The van der Waals surface area contributed by atoms with Crippen LogP contribution in [0.3, 0.4) is 0 Å². The molecule has 1 atom stereocenters. The second kappa shape index (κ2) is 5.55. The van der Waals surface area contributed by atoms with E-state index in [1.54, 1.807) is 24.3 Å². The lowest BCUT2D eigenvalue weighted by molar-refractivity contribution is -0.138. The van der Waals surface area contributed by atoms with Crippen molar-refractivity contribution in [3.63, 3.8) is 0 Å². The fourth-order valence-electron chi connectivity index (χ4n) is 1.13. The maximum absolute atomic E-state index is 11.6. The molecule has 4 nitrogen and oxygen atoms in total. The summed E-state index contributed by atoms with van der Waals surface area (Å²) in [6.07, 6.45) is 0. The van der Waals surface area contributed by atoms with Crippen LogP contribution in [0.25, 0.3) is 0 Å². The third-order valence-corrected chi connectivity index (χ3v) is 2.46. The third-order valence-electron chi connectivity index (χ3n) is 2.10. The number of hydrogen-bond acceptors (Lipinski definition) is 3. The van der Waals surface area contributed by atoms with Crippen molar-refractivity contribution in [3.05, 3.63) is 35.4 Å². The zero-order valence-electron chi connectivity index (χ0n) is 8.80. The first-order valence-electron chi connectivity index (χ1n) is 4.76. The normalized spacial score (nSPS) is 11.9. The van der Waals surface area contributed by atoms with Crippen LogP contribution in [0, 0.1) is 6.92 Å². The number of hydrogen-bond donors (Lipinski definition) is 3. The summed E-state index contributed by atoms with van der Waals surface area (Å²) in [4.78, 5) is 22.3. The molecule has 0 radical (unpaired) electrons. The molecule has 0 heterocycles. The van der Waals surface area contributed by atoms with E-state index in [4.69, 9.17) is 5.11 Å². The van der Waals surface area contributed by atoms with Gasteiger partial charge in [-0.2, -0.15) is 12.6 Å². The zero-order valence-corrected chi connectivity index (χ0v) is 9.70. The average molecular weight is 239 g/mol. The summed E-state index contributed by atoms with van der Waals surface area (Å²) in [5.41, 5.74) is 1.49. The highest BCUT2D eigenvalue weighted by Crippen LogP contribution is 2.03. The van der Waals surface area contributed by atoms with Crippen molar-refractivity contribution in [3.8, 4) is 0 Å². The summed E-state index contributed by atoms with van der Waals surface area (Å²) in [7, 11) is 0. The largest absolute Gasteiger partial charge is 0.480 e. The van der Waals surface area contributed by atoms with Gasteiger partial charge in [-0.05, 0) is 19.1 Å². The number of carboxylic acids is 1. The summed E-state index contributed by atoms with van der Waals surface area (Å²) < 4.78 is 0. The Hall–Kier alpha value is -1.49. The van der Waals surface area contributed by atoms with E-state index in [2.05, 4.69) is 17.9 Å². The van der Waals surface area contributed by atoms with Gasteiger partial charge in [0.05, 0.1) is 0 Å². The first-order valence-corrected chi connectivity index (χ1v) is 5.39. The highest BCUT2D eigenvalue weighted by Gasteiger charge is 2.18. The molecule has 0 aliphatic rings. The number of thiol groups is 1. The van der Waals surface area contributed by atoms with Crippen LogP contribution in [0.2, 0.25) is 0 Å². The molecule has 5 heteroatoms. The minimum Gasteiger partial charge on any atom is -0.480 e. The number of nitrogens with one attached hydrogen (secondary N) is 1. The van der Waals surface area contributed by atoms with Gasteiger partial charge in [-0.15, -0.1) is 0 Å². The molecule has 1 aromatic rings. The minimum absolute atomic E-state index is 0.0624. The van der Waals surface area contributed by atoms with E-state index in [1.807, 2.05) is 6.92 Å². The molecule has 0 fully saturated rings. The van der Waals surface area contributed by atoms with Crippen LogP contribution in [0.15, 0.2) is 24.3 Å². The lowest BCUT2D eigenvalue weighted by Crippen LogP contribution is -2.42. The number of aliphatic carboxylic acids is 1. The Kier molecular flexibility index (Phi) is 4.37. The molecule has 0 aliphatic carbocycles. The van der Waals surface area contributed by atoms with E-state index >= 15 is 0 Å². The van der Waals surface area contributed by atoms with E-state index in [0.29, 0.717) is 5.56 Å². The van der Waals surface area contributed by atoms with Crippen molar-refractivity contribution in [2.45, 2.75) is 13.0 Å². The minimum atomic E-state index is -1.09. The number of aryl methyl sites for hydroxylation is 1. The van der Waals surface area contributed by atoms with Crippen LogP contribution in [0.5, 0.6) is 0 Å². The predicted octanol–water partition coefficient (Wildman–Crippen LogP) is 1.11. The highest BCUT2D eigenvalue weighted by molar-refractivity contribution is 7.80. The first-order chi connectivity index (χ1) is 7.54. The Morgan fingerprint density at radius 2 is 1.94 bits per heavy atom. The van der Waals surface area contributed by atoms with Gasteiger partial charge in [-0.1, -0.05) is 17.7 Å². The van der Waals surface area contributed by atoms with Gasteiger partial charge in [0, 0.05) is 11.3 Å². The zero-order chi connectivity index (χ0) is 12.1. The van der Waals surface area contributed by atoms with Crippen molar-refractivity contribution in [2.24, 2.45) is 0 Å². The highest BCUT2D eigenvalue weighted by atomic mass is 32.1. The Labute approximate surface area is 99.1 Å². The summed E-state index contributed by atoms with van der Waals surface area (Å²) in [5, 5.41) is 11.1. The number of carbonyl (C=O) groups excluding carboxylic acids is 1. The first kappa shape index (κ1) is 12.6. The molecule has 86 valence electrons. The van der Waals surface area contributed by atoms with Gasteiger partial charge in [0.1, 0.15) is 6.04 Å². The fourth-order valence-corrected chi connectivity index (χ4v) is 1.38. The van der Waals surface area contributed by atoms with Gasteiger partial charge >= 0.3 is 5.97 Å².